The van der Waals surface area contributed by atoms with Crippen molar-refractivity contribution >= 4 is 36.3 Å². The van der Waals surface area contributed by atoms with Gasteiger partial charge in [-0.1, -0.05) is 37.3 Å². The normalized spacial score (nSPS) is 15.0. The number of Topliss-reactive ketones (excluding diaryl/α,β-unsaturated/α-hetero) is 1. The maximum Gasteiger partial charge on any atom is 0.166 e. The highest BCUT2D eigenvalue weighted by atomic mass is 35.5. The number of piperazine rings is 1. The summed E-state index contributed by atoms with van der Waals surface area (Å²) in [5, 5.41) is 10.5. The summed E-state index contributed by atoms with van der Waals surface area (Å²) in [7, 11) is 0. The number of hydrogen-bond acceptors (Lipinski definition) is 5. The lowest BCUT2D eigenvalue weighted by Gasteiger charge is -2.38. The summed E-state index contributed by atoms with van der Waals surface area (Å²) in [5.74, 6) is 0.675. The molecule has 0 aromatic heterocycles. The summed E-state index contributed by atoms with van der Waals surface area (Å²) >= 11 is 0. The number of benzene rings is 2. The summed E-state index contributed by atoms with van der Waals surface area (Å²) < 4.78 is 5.79. The third kappa shape index (κ3) is 6.89. The molecule has 1 unspecified atom stereocenters. The Morgan fingerprint density at radius 2 is 1.62 bits per heavy atom. The number of ether oxygens (including phenoxy) is 1. The molecule has 0 amide bonds. The predicted octanol–water partition coefficient (Wildman–Crippen LogP) is 4.03. The highest BCUT2D eigenvalue weighted by Crippen LogP contribution is 2.21. The van der Waals surface area contributed by atoms with E-state index in [0.29, 0.717) is 30.8 Å². The second-order valence-corrected chi connectivity index (χ2v) is 6.75. The van der Waals surface area contributed by atoms with Crippen LogP contribution < -0.4 is 9.64 Å². The van der Waals surface area contributed by atoms with Crippen molar-refractivity contribution in [1.29, 1.82) is 0 Å². The van der Waals surface area contributed by atoms with Crippen molar-refractivity contribution in [3.8, 4) is 5.75 Å². The molecule has 7 heteroatoms. The van der Waals surface area contributed by atoms with Crippen LogP contribution in [0.25, 0.3) is 0 Å². The van der Waals surface area contributed by atoms with Gasteiger partial charge in [0, 0.05) is 44.7 Å². The van der Waals surface area contributed by atoms with Gasteiger partial charge in [-0.15, -0.1) is 24.8 Å². The fourth-order valence-corrected chi connectivity index (χ4v) is 3.39. The first-order valence-corrected chi connectivity index (χ1v) is 9.66. The molecule has 5 nitrogen and oxygen atoms in total. The Bertz CT molecular complexity index is 738. The molecule has 1 aliphatic heterocycles. The van der Waals surface area contributed by atoms with E-state index in [4.69, 9.17) is 4.74 Å². The van der Waals surface area contributed by atoms with Crippen LogP contribution in [0.3, 0.4) is 0 Å². The van der Waals surface area contributed by atoms with Gasteiger partial charge in [0.1, 0.15) is 12.0 Å². The van der Waals surface area contributed by atoms with Gasteiger partial charge < -0.3 is 14.7 Å². The molecule has 1 N–H and O–H groups in total. The number of aliphatic hydroxyl groups is 1. The number of hydrogen-bond donors (Lipinski definition) is 1. The molecule has 3 rings (SSSR count). The molecule has 160 valence electrons. The molecule has 29 heavy (non-hydrogen) atoms. The monoisotopic (exact) mass is 440 g/mol. The maximum absolute atomic E-state index is 12.0. The molecule has 0 aliphatic carbocycles. The minimum absolute atomic E-state index is 0. The smallest absolute Gasteiger partial charge is 0.166 e. The zero-order valence-corrected chi connectivity index (χ0v) is 18.3. The molecule has 0 spiro atoms. The lowest BCUT2D eigenvalue weighted by atomic mass is 10.1. The highest BCUT2D eigenvalue weighted by Gasteiger charge is 2.22. The molecular weight excluding hydrogens is 411 g/mol. The van der Waals surface area contributed by atoms with Crippen molar-refractivity contribution in [2.24, 2.45) is 0 Å². The number of nitrogens with zero attached hydrogens (tertiary/aromatic N) is 2. The third-order valence-electron chi connectivity index (χ3n) is 5.00. The van der Waals surface area contributed by atoms with Crippen LogP contribution in [0.4, 0.5) is 5.69 Å². The van der Waals surface area contributed by atoms with Gasteiger partial charge in [-0.2, -0.15) is 0 Å². The first-order chi connectivity index (χ1) is 13.2. The van der Waals surface area contributed by atoms with E-state index in [2.05, 4.69) is 34.1 Å². The number of para-hydroxylation sites is 2. The van der Waals surface area contributed by atoms with Gasteiger partial charge in [-0.05, 0) is 24.3 Å². The molecule has 1 fully saturated rings. The topological polar surface area (TPSA) is 53.0 Å². The lowest BCUT2D eigenvalue weighted by Crippen LogP contribution is -2.50. The summed E-state index contributed by atoms with van der Waals surface area (Å²) in [6, 6.07) is 17.7. The zero-order chi connectivity index (χ0) is 19.1. The Kier molecular flexibility index (Phi) is 11.1. The van der Waals surface area contributed by atoms with E-state index < -0.39 is 6.23 Å². The molecular formula is C22H30Cl2N2O3. The summed E-state index contributed by atoms with van der Waals surface area (Å²) in [5.41, 5.74) is 1.85. The minimum atomic E-state index is -0.531. The Morgan fingerprint density at radius 3 is 2.28 bits per heavy atom. The molecule has 0 bridgehead atoms. The van der Waals surface area contributed by atoms with Crippen LogP contribution in [0.15, 0.2) is 54.6 Å². The lowest BCUT2D eigenvalue weighted by molar-refractivity contribution is -0.0134. The summed E-state index contributed by atoms with van der Waals surface area (Å²) in [6.45, 7) is 5.67. The van der Waals surface area contributed by atoms with E-state index in [1.807, 2.05) is 31.2 Å². The van der Waals surface area contributed by atoms with Crippen LogP contribution in [0.2, 0.25) is 0 Å². The quantitative estimate of drug-likeness (QED) is 0.627. The molecule has 2 aromatic rings. The van der Waals surface area contributed by atoms with E-state index in [0.717, 1.165) is 26.2 Å². The molecule has 0 radical (unpaired) electrons. The number of anilines is 1. The molecule has 1 aliphatic rings. The highest BCUT2D eigenvalue weighted by molar-refractivity contribution is 5.98. The van der Waals surface area contributed by atoms with Crippen molar-refractivity contribution in [3.63, 3.8) is 0 Å². The van der Waals surface area contributed by atoms with Crippen LogP contribution in [0.5, 0.6) is 5.75 Å². The SMILES string of the molecule is CCC(=O)c1ccccc1OCCC(O)N1CCN(c2ccccc2)CC1.Cl.Cl. The standard InChI is InChI=1S/C22H28N2O3.2ClH/c1-2-20(25)19-10-6-7-11-21(19)27-17-12-22(26)24-15-13-23(14-16-24)18-8-4-3-5-9-18;;/h3-11,22,26H,2,12-17H2,1H3;2*1H. The van der Waals surface area contributed by atoms with Gasteiger partial charge in [0.15, 0.2) is 5.78 Å². The number of carbonyl (C=O) groups excluding carboxylic acids is 1. The molecule has 0 saturated carbocycles. The average Bonchev–Trinajstić information content (AvgIpc) is 2.74. The van der Waals surface area contributed by atoms with Crippen LogP contribution in [0, 0.1) is 0 Å². The molecule has 1 heterocycles. The van der Waals surface area contributed by atoms with Crippen molar-refractivity contribution < 1.29 is 14.6 Å². The van der Waals surface area contributed by atoms with E-state index in [1.54, 1.807) is 6.07 Å². The molecule has 1 atom stereocenters. The van der Waals surface area contributed by atoms with Crippen LogP contribution in [0.1, 0.15) is 30.1 Å². The Morgan fingerprint density at radius 1 is 1.00 bits per heavy atom. The first-order valence-electron chi connectivity index (χ1n) is 9.66. The number of rotatable bonds is 8. The van der Waals surface area contributed by atoms with Crippen molar-refractivity contribution in [2.45, 2.75) is 26.0 Å². The van der Waals surface area contributed by atoms with Crippen molar-refractivity contribution in [1.82, 2.24) is 4.90 Å². The van der Waals surface area contributed by atoms with E-state index in [9.17, 15) is 9.90 Å². The third-order valence-corrected chi connectivity index (χ3v) is 5.00. The number of aliphatic hydroxyl groups excluding tert-OH is 1. The molecule has 1 saturated heterocycles. The molecule has 2 aromatic carbocycles. The summed E-state index contributed by atoms with van der Waals surface area (Å²) in [4.78, 5) is 16.4. The first kappa shape index (κ1) is 25.2. The van der Waals surface area contributed by atoms with Gasteiger partial charge >= 0.3 is 0 Å². The van der Waals surface area contributed by atoms with E-state index in [-0.39, 0.29) is 30.6 Å². The van der Waals surface area contributed by atoms with Gasteiger partial charge in [-0.25, -0.2) is 0 Å². The fraction of sp³-hybridized carbons (Fsp3) is 0.409. The van der Waals surface area contributed by atoms with Gasteiger partial charge in [-0.3, -0.25) is 9.69 Å². The number of halogens is 2. The fourth-order valence-electron chi connectivity index (χ4n) is 3.39. The average molecular weight is 441 g/mol. The summed E-state index contributed by atoms with van der Waals surface area (Å²) in [6.07, 6.45) is 0.436. The number of carbonyl (C=O) groups is 1. The Hall–Kier alpha value is -1.79. The van der Waals surface area contributed by atoms with Crippen LogP contribution in [-0.2, 0) is 0 Å². The van der Waals surface area contributed by atoms with Crippen molar-refractivity contribution in [2.75, 3.05) is 37.7 Å². The van der Waals surface area contributed by atoms with Gasteiger partial charge in [0.25, 0.3) is 0 Å². The van der Waals surface area contributed by atoms with Crippen LogP contribution in [-0.4, -0.2) is 54.8 Å². The van der Waals surface area contributed by atoms with Crippen LogP contribution >= 0.6 is 24.8 Å². The maximum atomic E-state index is 12.0. The Balaban J connectivity index is 0.00000210. The zero-order valence-electron chi connectivity index (χ0n) is 16.7. The van der Waals surface area contributed by atoms with Gasteiger partial charge in [0.05, 0.1) is 12.2 Å². The number of ketones is 1. The second kappa shape index (κ2) is 12.7. The predicted molar refractivity (Wildman–Crippen MR) is 122 cm³/mol. The van der Waals surface area contributed by atoms with Crippen molar-refractivity contribution in [3.05, 3.63) is 60.2 Å². The Labute approximate surface area is 185 Å². The van der Waals surface area contributed by atoms with E-state index >= 15 is 0 Å². The van der Waals surface area contributed by atoms with E-state index in [1.165, 1.54) is 5.69 Å². The largest absolute Gasteiger partial charge is 0.493 e. The minimum Gasteiger partial charge on any atom is -0.493 e. The van der Waals surface area contributed by atoms with Gasteiger partial charge in [0.2, 0.25) is 0 Å². The second-order valence-electron chi connectivity index (χ2n) is 6.75.